The highest BCUT2D eigenvalue weighted by Gasteiger charge is 2.34. The third-order valence-electron chi connectivity index (χ3n) is 3.57. The molecule has 0 radical (unpaired) electrons. The van der Waals surface area contributed by atoms with Gasteiger partial charge in [-0.15, -0.1) is 0 Å². The minimum atomic E-state index is -3.77. The number of rotatable bonds is 4. The first kappa shape index (κ1) is 16.9. The van der Waals surface area contributed by atoms with Crippen LogP contribution in [0.2, 0.25) is 0 Å². The largest absolute Gasteiger partial charge is 0.481 e. The molecule has 1 fully saturated rings. The number of benzene rings is 1. The highest BCUT2D eigenvalue weighted by atomic mass is 79.9. The van der Waals surface area contributed by atoms with Crippen LogP contribution in [0.5, 0.6) is 0 Å². The van der Waals surface area contributed by atoms with Crippen molar-refractivity contribution in [2.24, 2.45) is 5.92 Å². The van der Waals surface area contributed by atoms with E-state index in [1.807, 2.05) is 0 Å². The molecule has 1 saturated carbocycles. The van der Waals surface area contributed by atoms with Gasteiger partial charge in [0.1, 0.15) is 0 Å². The second kappa shape index (κ2) is 6.76. The number of carbonyl (C=O) groups is 1. The van der Waals surface area contributed by atoms with E-state index < -0.39 is 28.0 Å². The third kappa shape index (κ3) is 4.06. The summed E-state index contributed by atoms with van der Waals surface area (Å²) in [5.74, 6) is -1.62. The number of nitrogens with one attached hydrogen (secondary N) is 1. The molecule has 21 heavy (non-hydrogen) atoms. The van der Waals surface area contributed by atoms with Gasteiger partial charge >= 0.3 is 5.97 Å². The van der Waals surface area contributed by atoms with E-state index in [0.717, 1.165) is 12.8 Å². The first-order valence-corrected chi connectivity index (χ1v) is 9.58. The van der Waals surface area contributed by atoms with Crippen molar-refractivity contribution in [2.45, 2.75) is 36.6 Å². The number of halogens is 2. The van der Waals surface area contributed by atoms with Gasteiger partial charge in [0.05, 0.1) is 10.8 Å². The maximum atomic E-state index is 12.5. The summed E-state index contributed by atoms with van der Waals surface area (Å²) in [5.41, 5.74) is 0. The van der Waals surface area contributed by atoms with Gasteiger partial charge in [-0.1, -0.05) is 28.8 Å². The molecule has 2 N–H and O–H groups in total. The summed E-state index contributed by atoms with van der Waals surface area (Å²) in [6, 6.07) is 4.29. The zero-order valence-corrected chi connectivity index (χ0v) is 15.0. The van der Waals surface area contributed by atoms with Gasteiger partial charge < -0.3 is 5.11 Å². The van der Waals surface area contributed by atoms with E-state index in [1.165, 1.54) is 6.07 Å². The summed E-state index contributed by atoms with van der Waals surface area (Å²) in [7, 11) is -3.77. The molecule has 0 bridgehead atoms. The van der Waals surface area contributed by atoms with Gasteiger partial charge in [0, 0.05) is 15.0 Å². The number of sulfonamides is 1. The molecule has 2 unspecified atom stereocenters. The molecule has 0 amide bonds. The summed E-state index contributed by atoms with van der Waals surface area (Å²) in [6.45, 7) is 0. The molecule has 0 saturated heterocycles. The average molecular weight is 441 g/mol. The molecular weight excluding hydrogens is 426 g/mol. The third-order valence-corrected chi connectivity index (χ3v) is 6.55. The van der Waals surface area contributed by atoms with Crippen LogP contribution in [-0.4, -0.2) is 25.5 Å². The lowest BCUT2D eigenvalue weighted by Crippen LogP contribution is -2.45. The van der Waals surface area contributed by atoms with Gasteiger partial charge in [0.25, 0.3) is 0 Å². The molecule has 0 heterocycles. The van der Waals surface area contributed by atoms with Gasteiger partial charge in [-0.25, -0.2) is 13.1 Å². The van der Waals surface area contributed by atoms with Crippen LogP contribution in [-0.2, 0) is 14.8 Å². The van der Waals surface area contributed by atoms with Crippen molar-refractivity contribution in [3.63, 3.8) is 0 Å². The Bertz CT molecular complexity index is 648. The Balaban J connectivity index is 2.27. The van der Waals surface area contributed by atoms with Crippen molar-refractivity contribution < 1.29 is 18.3 Å². The monoisotopic (exact) mass is 439 g/mol. The Kier molecular flexibility index (Phi) is 5.45. The second-order valence-corrected chi connectivity index (χ2v) is 8.48. The fraction of sp³-hybridized carbons (Fsp3) is 0.462. The zero-order chi connectivity index (χ0) is 15.6. The Labute approximate surface area is 140 Å². The normalized spacial score (nSPS) is 23.0. The van der Waals surface area contributed by atoms with E-state index in [9.17, 15) is 18.3 Å². The van der Waals surface area contributed by atoms with E-state index in [1.54, 1.807) is 12.1 Å². The molecule has 8 heteroatoms. The summed E-state index contributed by atoms with van der Waals surface area (Å²) in [5, 5.41) is 9.22. The van der Waals surface area contributed by atoms with E-state index in [2.05, 4.69) is 36.6 Å². The molecule has 116 valence electrons. The minimum Gasteiger partial charge on any atom is -0.481 e. The number of hydrogen-bond donors (Lipinski definition) is 2. The first-order chi connectivity index (χ1) is 9.81. The zero-order valence-electron chi connectivity index (χ0n) is 11.1. The number of carboxylic acid groups (broad SMARTS) is 1. The van der Waals surface area contributed by atoms with Crippen molar-refractivity contribution in [1.82, 2.24) is 4.72 Å². The van der Waals surface area contributed by atoms with Crippen LogP contribution in [0.4, 0.5) is 0 Å². The summed E-state index contributed by atoms with van der Waals surface area (Å²) in [6.07, 6.45) is 2.69. The lowest BCUT2D eigenvalue weighted by Gasteiger charge is -2.29. The summed E-state index contributed by atoms with van der Waals surface area (Å²) in [4.78, 5) is 11.4. The fourth-order valence-corrected chi connectivity index (χ4v) is 5.33. The van der Waals surface area contributed by atoms with Crippen LogP contribution in [0, 0.1) is 5.92 Å². The summed E-state index contributed by atoms with van der Waals surface area (Å²) < 4.78 is 28.6. The van der Waals surface area contributed by atoms with Crippen LogP contribution in [0.3, 0.4) is 0 Å². The Morgan fingerprint density at radius 1 is 1.24 bits per heavy atom. The fourth-order valence-electron chi connectivity index (χ4n) is 2.51. The van der Waals surface area contributed by atoms with Gasteiger partial charge in [-0.3, -0.25) is 4.79 Å². The Morgan fingerprint density at radius 2 is 1.90 bits per heavy atom. The van der Waals surface area contributed by atoms with Crippen LogP contribution < -0.4 is 4.72 Å². The second-order valence-electron chi connectivity index (χ2n) is 5.03. The van der Waals surface area contributed by atoms with E-state index >= 15 is 0 Å². The van der Waals surface area contributed by atoms with Gasteiger partial charge in [0.2, 0.25) is 10.0 Å². The van der Waals surface area contributed by atoms with E-state index in [-0.39, 0.29) is 4.90 Å². The number of aliphatic carboxylic acids is 1. The quantitative estimate of drug-likeness (QED) is 0.753. The van der Waals surface area contributed by atoms with E-state index in [0.29, 0.717) is 21.8 Å². The van der Waals surface area contributed by atoms with Crippen LogP contribution in [0.15, 0.2) is 32.0 Å². The number of carboxylic acids is 1. The summed E-state index contributed by atoms with van der Waals surface area (Å²) >= 11 is 6.46. The predicted octanol–water partition coefficient (Wildman–Crippen LogP) is 3.13. The topological polar surface area (TPSA) is 83.5 Å². The standard InChI is InChI=1S/C13H15Br2NO4S/c14-8-5-6-10(15)12(7-8)21(19,20)16-11-4-2-1-3-9(11)13(17)18/h5-7,9,11,16H,1-4H2,(H,17,18). The lowest BCUT2D eigenvalue weighted by atomic mass is 9.85. The molecule has 2 atom stereocenters. The van der Waals surface area contributed by atoms with Crippen molar-refractivity contribution >= 4 is 47.9 Å². The van der Waals surface area contributed by atoms with Gasteiger partial charge in [0.15, 0.2) is 0 Å². The maximum Gasteiger partial charge on any atom is 0.308 e. The van der Waals surface area contributed by atoms with Crippen LogP contribution >= 0.6 is 31.9 Å². The lowest BCUT2D eigenvalue weighted by molar-refractivity contribution is -0.143. The highest BCUT2D eigenvalue weighted by molar-refractivity contribution is 9.11. The molecule has 0 aromatic heterocycles. The minimum absolute atomic E-state index is 0.103. The van der Waals surface area contributed by atoms with Crippen molar-refractivity contribution in [3.05, 3.63) is 27.1 Å². The molecule has 1 aliphatic carbocycles. The molecule has 0 spiro atoms. The molecule has 5 nitrogen and oxygen atoms in total. The number of hydrogen-bond acceptors (Lipinski definition) is 3. The Hall–Kier alpha value is -0.440. The molecule has 2 rings (SSSR count). The Morgan fingerprint density at radius 3 is 2.57 bits per heavy atom. The van der Waals surface area contributed by atoms with Crippen molar-refractivity contribution in [1.29, 1.82) is 0 Å². The van der Waals surface area contributed by atoms with Crippen LogP contribution in [0.25, 0.3) is 0 Å². The van der Waals surface area contributed by atoms with Crippen LogP contribution in [0.1, 0.15) is 25.7 Å². The van der Waals surface area contributed by atoms with E-state index in [4.69, 9.17) is 0 Å². The average Bonchev–Trinajstić information content (AvgIpc) is 2.41. The molecule has 1 aromatic rings. The highest BCUT2D eigenvalue weighted by Crippen LogP contribution is 2.29. The van der Waals surface area contributed by atoms with Crippen molar-refractivity contribution in [3.8, 4) is 0 Å². The molecule has 1 aliphatic rings. The molecule has 1 aromatic carbocycles. The smallest absolute Gasteiger partial charge is 0.308 e. The predicted molar refractivity (Wildman–Crippen MR) is 85.5 cm³/mol. The maximum absolute atomic E-state index is 12.5. The van der Waals surface area contributed by atoms with Gasteiger partial charge in [-0.2, -0.15) is 0 Å². The molecule has 0 aliphatic heterocycles. The first-order valence-electron chi connectivity index (χ1n) is 6.51. The molecular formula is C13H15Br2NO4S. The van der Waals surface area contributed by atoms with Gasteiger partial charge in [-0.05, 0) is 47.0 Å². The SMILES string of the molecule is O=C(O)C1CCCCC1NS(=O)(=O)c1cc(Br)ccc1Br. The van der Waals surface area contributed by atoms with Crippen molar-refractivity contribution in [2.75, 3.05) is 0 Å².